The number of benzene rings is 1. The molecular formula is C11H12ClNS. The van der Waals surface area contributed by atoms with E-state index in [0.29, 0.717) is 0 Å². The SMILES string of the molecule is CCNCc1csc2cc(Cl)ccc12. The fourth-order valence-corrected chi connectivity index (χ4v) is 2.69. The van der Waals surface area contributed by atoms with E-state index < -0.39 is 0 Å². The van der Waals surface area contributed by atoms with E-state index in [0.717, 1.165) is 18.1 Å². The molecule has 0 amide bonds. The van der Waals surface area contributed by atoms with Crippen molar-refractivity contribution in [1.82, 2.24) is 5.32 Å². The standard InChI is InChI=1S/C11H12ClNS/c1-2-13-6-8-7-14-11-5-9(12)3-4-10(8)11/h3-5,7,13H,2,6H2,1H3. The number of thiophene rings is 1. The minimum atomic E-state index is 0.814. The van der Waals surface area contributed by atoms with Crippen LogP contribution >= 0.6 is 22.9 Å². The number of halogens is 1. The predicted molar refractivity (Wildman–Crippen MR) is 64.2 cm³/mol. The normalized spacial score (nSPS) is 11.0. The molecule has 14 heavy (non-hydrogen) atoms. The lowest BCUT2D eigenvalue weighted by Gasteiger charge is -1.99. The van der Waals surface area contributed by atoms with Crippen LogP contribution in [-0.4, -0.2) is 6.54 Å². The third-order valence-corrected chi connectivity index (χ3v) is 3.41. The van der Waals surface area contributed by atoms with Crippen LogP contribution < -0.4 is 5.32 Å². The van der Waals surface area contributed by atoms with Gasteiger partial charge in [-0.15, -0.1) is 11.3 Å². The molecule has 74 valence electrons. The van der Waals surface area contributed by atoms with Gasteiger partial charge in [0, 0.05) is 16.3 Å². The highest BCUT2D eigenvalue weighted by Crippen LogP contribution is 2.28. The molecule has 1 nitrogen and oxygen atoms in total. The van der Waals surface area contributed by atoms with Gasteiger partial charge in [0.05, 0.1) is 0 Å². The first-order valence-corrected chi connectivity index (χ1v) is 5.93. The van der Waals surface area contributed by atoms with Crippen LogP contribution in [0, 0.1) is 0 Å². The predicted octanol–water partition coefficient (Wildman–Crippen LogP) is 3.66. The molecule has 1 heterocycles. The highest BCUT2D eigenvalue weighted by molar-refractivity contribution is 7.17. The molecule has 0 aliphatic carbocycles. The van der Waals surface area contributed by atoms with Crippen LogP contribution in [0.5, 0.6) is 0 Å². The van der Waals surface area contributed by atoms with E-state index in [1.54, 1.807) is 11.3 Å². The quantitative estimate of drug-likeness (QED) is 0.841. The Kier molecular flexibility index (Phi) is 3.06. The summed E-state index contributed by atoms with van der Waals surface area (Å²) in [5.74, 6) is 0. The zero-order chi connectivity index (χ0) is 9.97. The van der Waals surface area contributed by atoms with E-state index in [4.69, 9.17) is 11.6 Å². The van der Waals surface area contributed by atoms with Crippen molar-refractivity contribution in [1.29, 1.82) is 0 Å². The van der Waals surface area contributed by atoms with Gasteiger partial charge in [0.1, 0.15) is 0 Å². The Morgan fingerprint density at radius 1 is 1.43 bits per heavy atom. The summed E-state index contributed by atoms with van der Waals surface area (Å²) in [7, 11) is 0. The number of fused-ring (bicyclic) bond motifs is 1. The minimum Gasteiger partial charge on any atom is -0.313 e. The smallest absolute Gasteiger partial charge is 0.0420 e. The Morgan fingerprint density at radius 3 is 3.07 bits per heavy atom. The van der Waals surface area contributed by atoms with Gasteiger partial charge < -0.3 is 5.32 Å². The second-order valence-electron chi connectivity index (χ2n) is 3.18. The molecule has 3 heteroatoms. The molecule has 0 atom stereocenters. The van der Waals surface area contributed by atoms with E-state index in [1.165, 1.54) is 15.6 Å². The van der Waals surface area contributed by atoms with Gasteiger partial charge in [-0.3, -0.25) is 0 Å². The first kappa shape index (κ1) is 9.97. The summed E-state index contributed by atoms with van der Waals surface area (Å²) in [5, 5.41) is 7.66. The summed E-state index contributed by atoms with van der Waals surface area (Å²) in [4.78, 5) is 0. The van der Waals surface area contributed by atoms with Crippen molar-refractivity contribution >= 4 is 33.0 Å². The van der Waals surface area contributed by atoms with Gasteiger partial charge in [-0.1, -0.05) is 24.6 Å². The van der Waals surface area contributed by atoms with E-state index in [1.807, 2.05) is 12.1 Å². The van der Waals surface area contributed by atoms with E-state index >= 15 is 0 Å². The Bertz CT molecular complexity index is 436. The van der Waals surface area contributed by atoms with Gasteiger partial charge in [-0.05, 0) is 35.0 Å². The third-order valence-electron chi connectivity index (χ3n) is 2.18. The van der Waals surface area contributed by atoms with Crippen molar-refractivity contribution in [3.63, 3.8) is 0 Å². The van der Waals surface area contributed by atoms with Crippen molar-refractivity contribution in [3.05, 3.63) is 34.2 Å². The molecule has 1 aromatic carbocycles. The zero-order valence-corrected chi connectivity index (χ0v) is 9.58. The molecule has 0 bridgehead atoms. The number of hydrogen-bond donors (Lipinski definition) is 1. The van der Waals surface area contributed by atoms with E-state index in [9.17, 15) is 0 Å². The molecule has 0 spiro atoms. The molecule has 0 aliphatic heterocycles. The fraction of sp³-hybridized carbons (Fsp3) is 0.273. The Morgan fingerprint density at radius 2 is 2.29 bits per heavy atom. The van der Waals surface area contributed by atoms with Crippen molar-refractivity contribution < 1.29 is 0 Å². The Balaban J connectivity index is 2.37. The summed E-state index contributed by atoms with van der Waals surface area (Å²) in [6, 6.07) is 6.07. The van der Waals surface area contributed by atoms with Crippen molar-refractivity contribution in [2.45, 2.75) is 13.5 Å². The lowest BCUT2D eigenvalue weighted by Crippen LogP contribution is -2.10. The Labute approximate surface area is 92.7 Å². The highest BCUT2D eigenvalue weighted by atomic mass is 35.5. The van der Waals surface area contributed by atoms with E-state index in [2.05, 4.69) is 23.7 Å². The molecule has 0 radical (unpaired) electrons. The largest absolute Gasteiger partial charge is 0.313 e. The van der Waals surface area contributed by atoms with Crippen LogP contribution in [-0.2, 0) is 6.54 Å². The lowest BCUT2D eigenvalue weighted by molar-refractivity contribution is 0.732. The molecule has 2 rings (SSSR count). The number of hydrogen-bond acceptors (Lipinski definition) is 2. The molecule has 1 N–H and O–H groups in total. The zero-order valence-electron chi connectivity index (χ0n) is 8.01. The van der Waals surface area contributed by atoms with Gasteiger partial charge in [0.15, 0.2) is 0 Å². The fourth-order valence-electron chi connectivity index (χ4n) is 1.45. The molecule has 0 saturated carbocycles. The maximum Gasteiger partial charge on any atom is 0.0420 e. The van der Waals surface area contributed by atoms with Gasteiger partial charge >= 0.3 is 0 Å². The molecule has 0 saturated heterocycles. The van der Waals surface area contributed by atoms with Gasteiger partial charge in [0.2, 0.25) is 0 Å². The summed E-state index contributed by atoms with van der Waals surface area (Å²) in [5.41, 5.74) is 1.36. The summed E-state index contributed by atoms with van der Waals surface area (Å²) in [6.07, 6.45) is 0. The maximum atomic E-state index is 5.92. The molecule has 0 unspecified atom stereocenters. The minimum absolute atomic E-state index is 0.814. The van der Waals surface area contributed by atoms with Gasteiger partial charge in [-0.2, -0.15) is 0 Å². The number of nitrogens with one attached hydrogen (secondary N) is 1. The first-order chi connectivity index (χ1) is 6.81. The second kappa shape index (κ2) is 4.30. The molecule has 2 aromatic rings. The third kappa shape index (κ3) is 1.92. The topological polar surface area (TPSA) is 12.0 Å². The van der Waals surface area contributed by atoms with E-state index in [-0.39, 0.29) is 0 Å². The Hall–Kier alpha value is -0.570. The monoisotopic (exact) mass is 225 g/mol. The number of rotatable bonds is 3. The summed E-state index contributed by atoms with van der Waals surface area (Å²) >= 11 is 7.68. The molecule has 1 aromatic heterocycles. The van der Waals surface area contributed by atoms with Gasteiger partial charge in [0.25, 0.3) is 0 Å². The molecule has 0 fully saturated rings. The van der Waals surface area contributed by atoms with Crippen LogP contribution in [0.3, 0.4) is 0 Å². The highest BCUT2D eigenvalue weighted by Gasteiger charge is 2.03. The van der Waals surface area contributed by atoms with Crippen molar-refractivity contribution in [2.75, 3.05) is 6.54 Å². The summed E-state index contributed by atoms with van der Waals surface area (Å²) in [6.45, 7) is 4.06. The van der Waals surface area contributed by atoms with Crippen molar-refractivity contribution in [2.24, 2.45) is 0 Å². The van der Waals surface area contributed by atoms with Gasteiger partial charge in [-0.25, -0.2) is 0 Å². The average Bonchev–Trinajstić information content (AvgIpc) is 2.57. The van der Waals surface area contributed by atoms with Crippen molar-refractivity contribution in [3.8, 4) is 0 Å². The molecule has 0 aliphatic rings. The second-order valence-corrected chi connectivity index (χ2v) is 4.53. The van der Waals surface area contributed by atoms with Crippen LogP contribution in [0.25, 0.3) is 10.1 Å². The first-order valence-electron chi connectivity index (χ1n) is 4.67. The van der Waals surface area contributed by atoms with Crippen LogP contribution in [0.2, 0.25) is 5.02 Å². The van der Waals surface area contributed by atoms with Crippen LogP contribution in [0.15, 0.2) is 23.6 Å². The summed E-state index contributed by atoms with van der Waals surface area (Å²) < 4.78 is 1.27. The van der Waals surface area contributed by atoms with Crippen LogP contribution in [0.1, 0.15) is 12.5 Å². The molecular weight excluding hydrogens is 214 g/mol. The van der Waals surface area contributed by atoms with Crippen LogP contribution in [0.4, 0.5) is 0 Å². The average molecular weight is 226 g/mol. The lowest BCUT2D eigenvalue weighted by atomic mass is 10.2. The maximum absolute atomic E-state index is 5.92.